The van der Waals surface area contributed by atoms with Crippen molar-refractivity contribution in [2.45, 2.75) is 6.92 Å². The number of nitrogens with one attached hydrogen (secondary N) is 1. The second-order valence-corrected chi connectivity index (χ2v) is 4.30. The van der Waals surface area contributed by atoms with Gasteiger partial charge in [0.15, 0.2) is 11.6 Å². The Kier molecular flexibility index (Phi) is 4.81. The van der Waals surface area contributed by atoms with Crippen molar-refractivity contribution in [2.24, 2.45) is 5.92 Å². The quantitative estimate of drug-likeness (QED) is 0.902. The van der Waals surface area contributed by atoms with E-state index in [2.05, 4.69) is 5.32 Å². The molecule has 0 saturated carbocycles. The molecule has 1 aromatic rings. The molecule has 1 N–H and O–H groups in total. The fourth-order valence-electron chi connectivity index (χ4n) is 1.83. The number of amides is 1. The molecule has 0 fully saturated rings. The summed E-state index contributed by atoms with van der Waals surface area (Å²) in [5, 5.41) is 11.1. The first kappa shape index (κ1) is 14.9. The van der Waals surface area contributed by atoms with Crippen LogP contribution in [0.2, 0.25) is 0 Å². The standard InChI is InChI=1S/C13H15F2N3O/c1-8(13(19)17-2)7-18(3)12-10(14)4-9(6-16)5-11(12)15/h4-5,8H,7H2,1-3H3,(H,17,19). The van der Waals surface area contributed by atoms with E-state index in [1.165, 1.54) is 19.0 Å². The summed E-state index contributed by atoms with van der Waals surface area (Å²) in [5.74, 6) is -2.25. The molecular weight excluding hydrogens is 252 g/mol. The first-order valence-electron chi connectivity index (χ1n) is 5.72. The lowest BCUT2D eigenvalue weighted by molar-refractivity contribution is -0.123. The Bertz CT molecular complexity index is 502. The number of carbonyl (C=O) groups is 1. The number of nitriles is 1. The van der Waals surface area contributed by atoms with Gasteiger partial charge in [-0.1, -0.05) is 6.92 Å². The molecule has 0 aliphatic heterocycles. The van der Waals surface area contributed by atoms with Gasteiger partial charge >= 0.3 is 0 Å². The monoisotopic (exact) mass is 267 g/mol. The number of rotatable bonds is 4. The number of benzene rings is 1. The predicted octanol–water partition coefficient (Wildman–Crippen LogP) is 1.65. The molecule has 0 bridgehead atoms. The number of nitrogens with zero attached hydrogens (tertiary/aromatic N) is 2. The number of anilines is 1. The molecule has 1 amide bonds. The minimum absolute atomic E-state index is 0.0773. The molecule has 1 unspecified atom stereocenters. The average Bonchev–Trinajstić information content (AvgIpc) is 2.36. The molecule has 0 aliphatic carbocycles. The zero-order valence-corrected chi connectivity index (χ0v) is 11.0. The number of hydrogen-bond acceptors (Lipinski definition) is 3. The molecule has 1 rings (SSSR count). The van der Waals surface area contributed by atoms with Crippen molar-refractivity contribution in [1.29, 1.82) is 5.26 Å². The molecule has 102 valence electrons. The van der Waals surface area contributed by atoms with Gasteiger partial charge in [-0.15, -0.1) is 0 Å². The van der Waals surface area contributed by atoms with Crippen LogP contribution in [0.15, 0.2) is 12.1 Å². The lowest BCUT2D eigenvalue weighted by Gasteiger charge is -2.23. The van der Waals surface area contributed by atoms with Gasteiger partial charge in [-0.25, -0.2) is 8.78 Å². The van der Waals surface area contributed by atoms with Gasteiger partial charge in [0.25, 0.3) is 0 Å². The van der Waals surface area contributed by atoms with E-state index in [4.69, 9.17) is 5.26 Å². The third-order valence-electron chi connectivity index (χ3n) is 2.77. The fraction of sp³-hybridized carbons (Fsp3) is 0.385. The highest BCUT2D eigenvalue weighted by Gasteiger charge is 2.19. The maximum absolute atomic E-state index is 13.7. The van der Waals surface area contributed by atoms with E-state index < -0.39 is 17.6 Å². The van der Waals surface area contributed by atoms with Crippen LogP contribution in [-0.2, 0) is 4.79 Å². The molecular formula is C13H15F2N3O. The van der Waals surface area contributed by atoms with Gasteiger partial charge in [0, 0.05) is 20.6 Å². The first-order chi connectivity index (χ1) is 8.90. The van der Waals surface area contributed by atoms with Crippen LogP contribution < -0.4 is 10.2 Å². The second-order valence-electron chi connectivity index (χ2n) is 4.30. The number of hydrogen-bond donors (Lipinski definition) is 1. The molecule has 0 spiro atoms. The average molecular weight is 267 g/mol. The largest absolute Gasteiger partial charge is 0.369 e. The summed E-state index contributed by atoms with van der Waals surface area (Å²) in [5.41, 5.74) is -0.318. The lowest BCUT2D eigenvalue weighted by Crippen LogP contribution is -2.35. The predicted molar refractivity (Wildman–Crippen MR) is 67.6 cm³/mol. The van der Waals surface area contributed by atoms with Crippen molar-refractivity contribution in [3.8, 4) is 6.07 Å². The topological polar surface area (TPSA) is 56.1 Å². The van der Waals surface area contributed by atoms with Crippen molar-refractivity contribution >= 4 is 11.6 Å². The minimum Gasteiger partial charge on any atom is -0.369 e. The molecule has 1 aromatic carbocycles. The highest BCUT2D eigenvalue weighted by Crippen LogP contribution is 2.24. The van der Waals surface area contributed by atoms with Crippen molar-refractivity contribution in [3.63, 3.8) is 0 Å². The summed E-state index contributed by atoms with van der Waals surface area (Å²) in [7, 11) is 2.99. The van der Waals surface area contributed by atoms with Gasteiger partial charge in [0.1, 0.15) is 5.69 Å². The van der Waals surface area contributed by atoms with Gasteiger partial charge in [-0.05, 0) is 12.1 Å². The summed E-state index contributed by atoms with van der Waals surface area (Å²) in [6, 6.07) is 3.62. The SMILES string of the molecule is CNC(=O)C(C)CN(C)c1c(F)cc(C#N)cc1F. The lowest BCUT2D eigenvalue weighted by atomic mass is 10.1. The Morgan fingerprint density at radius 1 is 1.47 bits per heavy atom. The van der Waals surface area contributed by atoms with Gasteiger partial charge in [-0.2, -0.15) is 5.26 Å². The van der Waals surface area contributed by atoms with Crippen molar-refractivity contribution in [1.82, 2.24) is 5.32 Å². The Morgan fingerprint density at radius 2 is 2.00 bits per heavy atom. The van der Waals surface area contributed by atoms with Gasteiger partial charge in [0.2, 0.25) is 5.91 Å². The summed E-state index contributed by atoms with van der Waals surface area (Å²) in [6.07, 6.45) is 0. The zero-order valence-electron chi connectivity index (χ0n) is 11.0. The highest BCUT2D eigenvalue weighted by molar-refractivity contribution is 5.78. The summed E-state index contributed by atoms with van der Waals surface area (Å²) in [4.78, 5) is 12.7. The smallest absolute Gasteiger partial charge is 0.224 e. The van der Waals surface area contributed by atoms with Gasteiger partial charge in [0.05, 0.1) is 17.6 Å². The zero-order chi connectivity index (χ0) is 14.6. The van der Waals surface area contributed by atoms with E-state index >= 15 is 0 Å². The normalized spacial score (nSPS) is 11.6. The molecule has 1 atom stereocenters. The number of halogens is 2. The van der Waals surface area contributed by atoms with Crippen molar-refractivity contribution in [3.05, 3.63) is 29.3 Å². The molecule has 0 radical (unpaired) electrons. The molecule has 0 aromatic heterocycles. The van der Waals surface area contributed by atoms with E-state index in [9.17, 15) is 13.6 Å². The van der Waals surface area contributed by atoms with Crippen LogP contribution in [0.5, 0.6) is 0 Å². The summed E-state index contributed by atoms with van der Waals surface area (Å²) >= 11 is 0. The molecule has 0 saturated heterocycles. The van der Waals surface area contributed by atoms with Crippen LogP contribution in [-0.4, -0.2) is 26.5 Å². The van der Waals surface area contributed by atoms with Crippen molar-refractivity contribution in [2.75, 3.05) is 25.5 Å². The van der Waals surface area contributed by atoms with E-state index in [0.29, 0.717) is 0 Å². The third kappa shape index (κ3) is 3.41. The minimum atomic E-state index is -0.817. The van der Waals surface area contributed by atoms with Crippen molar-refractivity contribution < 1.29 is 13.6 Å². The van der Waals surface area contributed by atoms with E-state index in [-0.39, 0.29) is 23.7 Å². The van der Waals surface area contributed by atoms with Crippen LogP contribution in [0.1, 0.15) is 12.5 Å². The summed E-state index contributed by atoms with van der Waals surface area (Å²) in [6.45, 7) is 1.83. The molecule has 0 aliphatic rings. The van der Waals surface area contributed by atoms with Gasteiger partial charge < -0.3 is 10.2 Å². The molecule has 4 nitrogen and oxygen atoms in total. The maximum Gasteiger partial charge on any atom is 0.224 e. The maximum atomic E-state index is 13.7. The number of carbonyl (C=O) groups excluding carboxylic acids is 1. The molecule has 6 heteroatoms. The first-order valence-corrected chi connectivity index (χ1v) is 5.72. The third-order valence-corrected chi connectivity index (χ3v) is 2.77. The van der Waals surface area contributed by atoms with Crippen LogP contribution in [0.3, 0.4) is 0 Å². The van der Waals surface area contributed by atoms with Crippen LogP contribution in [0.4, 0.5) is 14.5 Å². The molecule has 0 heterocycles. The van der Waals surface area contributed by atoms with E-state index in [0.717, 1.165) is 12.1 Å². The Labute approximate surface area is 110 Å². The molecule has 19 heavy (non-hydrogen) atoms. The van der Waals surface area contributed by atoms with Gasteiger partial charge in [-0.3, -0.25) is 4.79 Å². The van der Waals surface area contributed by atoms with Crippen LogP contribution in [0.25, 0.3) is 0 Å². The Balaban J connectivity index is 2.98. The van der Waals surface area contributed by atoms with E-state index in [1.807, 2.05) is 0 Å². The van der Waals surface area contributed by atoms with Crippen LogP contribution in [0, 0.1) is 28.9 Å². The highest BCUT2D eigenvalue weighted by atomic mass is 19.1. The Hall–Kier alpha value is -2.16. The van der Waals surface area contributed by atoms with Crippen LogP contribution >= 0.6 is 0 Å². The summed E-state index contributed by atoms with van der Waals surface area (Å²) < 4.78 is 27.5. The Morgan fingerprint density at radius 3 is 2.42 bits per heavy atom. The fourth-order valence-corrected chi connectivity index (χ4v) is 1.83. The second kappa shape index (κ2) is 6.14. The van der Waals surface area contributed by atoms with E-state index in [1.54, 1.807) is 13.0 Å².